The quantitative estimate of drug-likeness (QED) is 0.879. The van der Waals surface area contributed by atoms with E-state index in [4.69, 9.17) is 16.7 Å². The Morgan fingerprint density at radius 1 is 1.41 bits per heavy atom. The molecule has 0 spiro atoms. The standard InChI is InChI=1S/C15H13ClN2O3S/c16-10-3-1-2-9(6-10)13-18-11(7-22-13)12(19)17-8-15(4-5-15)14(20)21/h1-3,6-7H,4-5,8H2,(H,17,19)(H,20,21). The second-order valence-corrected chi connectivity index (χ2v) is 6.61. The lowest BCUT2D eigenvalue weighted by molar-refractivity contribution is -0.143. The molecule has 1 fully saturated rings. The smallest absolute Gasteiger partial charge is 0.311 e. The van der Waals surface area contributed by atoms with Crippen molar-refractivity contribution in [2.24, 2.45) is 5.41 Å². The van der Waals surface area contributed by atoms with Gasteiger partial charge in [-0.1, -0.05) is 23.7 Å². The topological polar surface area (TPSA) is 79.3 Å². The Morgan fingerprint density at radius 3 is 2.82 bits per heavy atom. The lowest BCUT2D eigenvalue weighted by atomic mass is 10.1. The van der Waals surface area contributed by atoms with Crippen LogP contribution in [-0.2, 0) is 4.79 Å². The number of halogens is 1. The van der Waals surface area contributed by atoms with Crippen LogP contribution in [0.15, 0.2) is 29.6 Å². The maximum absolute atomic E-state index is 12.1. The summed E-state index contributed by atoms with van der Waals surface area (Å²) >= 11 is 7.29. The van der Waals surface area contributed by atoms with Crippen LogP contribution < -0.4 is 5.32 Å². The largest absolute Gasteiger partial charge is 0.481 e. The molecule has 114 valence electrons. The Kier molecular flexibility index (Phi) is 3.88. The number of carbonyl (C=O) groups is 2. The van der Waals surface area contributed by atoms with Gasteiger partial charge in [0.05, 0.1) is 5.41 Å². The summed E-state index contributed by atoms with van der Waals surface area (Å²) in [7, 11) is 0. The van der Waals surface area contributed by atoms with Crippen LogP contribution in [0, 0.1) is 5.41 Å². The Morgan fingerprint density at radius 2 is 2.18 bits per heavy atom. The molecule has 1 saturated carbocycles. The third-order valence-electron chi connectivity index (χ3n) is 3.70. The minimum Gasteiger partial charge on any atom is -0.481 e. The first-order valence-corrected chi connectivity index (χ1v) is 7.99. The first-order chi connectivity index (χ1) is 10.5. The predicted octanol–water partition coefficient (Wildman–Crippen LogP) is 3.06. The van der Waals surface area contributed by atoms with E-state index < -0.39 is 11.4 Å². The fourth-order valence-electron chi connectivity index (χ4n) is 2.09. The summed E-state index contributed by atoms with van der Waals surface area (Å²) in [6, 6.07) is 7.25. The number of amides is 1. The highest BCUT2D eigenvalue weighted by Gasteiger charge is 2.50. The molecule has 0 unspecified atom stereocenters. The molecule has 0 atom stereocenters. The van der Waals surface area contributed by atoms with Crippen LogP contribution in [0.2, 0.25) is 5.02 Å². The van der Waals surface area contributed by atoms with Gasteiger partial charge in [-0.05, 0) is 25.0 Å². The van der Waals surface area contributed by atoms with E-state index in [-0.39, 0.29) is 12.5 Å². The number of carbonyl (C=O) groups excluding carboxylic acids is 1. The van der Waals surface area contributed by atoms with Crippen molar-refractivity contribution in [3.05, 3.63) is 40.4 Å². The number of aromatic nitrogens is 1. The summed E-state index contributed by atoms with van der Waals surface area (Å²) < 4.78 is 0. The second kappa shape index (κ2) is 5.70. The van der Waals surface area contributed by atoms with E-state index in [9.17, 15) is 9.59 Å². The Bertz CT molecular complexity index is 740. The molecule has 1 amide bonds. The van der Waals surface area contributed by atoms with Gasteiger partial charge in [-0.25, -0.2) is 4.98 Å². The van der Waals surface area contributed by atoms with Gasteiger partial charge in [0, 0.05) is 22.5 Å². The van der Waals surface area contributed by atoms with Crippen LogP contribution in [0.25, 0.3) is 10.6 Å². The molecule has 3 rings (SSSR count). The van der Waals surface area contributed by atoms with Crippen molar-refractivity contribution in [3.8, 4) is 10.6 Å². The van der Waals surface area contributed by atoms with Crippen molar-refractivity contribution in [2.75, 3.05) is 6.54 Å². The maximum atomic E-state index is 12.1. The van der Waals surface area contributed by atoms with Crippen molar-refractivity contribution >= 4 is 34.8 Å². The van der Waals surface area contributed by atoms with Crippen LogP contribution in [0.1, 0.15) is 23.3 Å². The minimum absolute atomic E-state index is 0.144. The zero-order chi connectivity index (χ0) is 15.7. The molecule has 0 saturated heterocycles. The number of benzene rings is 1. The van der Waals surface area contributed by atoms with E-state index in [1.807, 2.05) is 12.1 Å². The normalized spacial score (nSPS) is 15.3. The van der Waals surface area contributed by atoms with Crippen LogP contribution >= 0.6 is 22.9 Å². The summed E-state index contributed by atoms with van der Waals surface area (Å²) in [5, 5.41) is 14.7. The lowest BCUT2D eigenvalue weighted by Crippen LogP contribution is -2.34. The second-order valence-electron chi connectivity index (χ2n) is 5.32. The van der Waals surface area contributed by atoms with Gasteiger partial charge in [0.1, 0.15) is 10.7 Å². The van der Waals surface area contributed by atoms with E-state index in [1.165, 1.54) is 11.3 Å². The monoisotopic (exact) mass is 336 g/mol. The van der Waals surface area contributed by atoms with E-state index in [0.717, 1.165) is 5.56 Å². The molecule has 0 aliphatic heterocycles. The number of aliphatic carboxylic acids is 1. The number of nitrogens with one attached hydrogen (secondary N) is 1. The van der Waals surface area contributed by atoms with Gasteiger partial charge in [0.25, 0.3) is 5.91 Å². The molecule has 2 N–H and O–H groups in total. The molecule has 1 aromatic heterocycles. The van der Waals surface area contributed by atoms with Crippen molar-refractivity contribution in [3.63, 3.8) is 0 Å². The first kappa shape index (κ1) is 15.0. The molecule has 0 bridgehead atoms. The van der Waals surface area contributed by atoms with Gasteiger partial charge in [0.15, 0.2) is 0 Å². The van der Waals surface area contributed by atoms with Gasteiger partial charge in [-0.2, -0.15) is 0 Å². The van der Waals surface area contributed by atoms with Crippen LogP contribution in [0.3, 0.4) is 0 Å². The number of rotatable bonds is 5. The number of carboxylic acids is 1. The predicted molar refractivity (Wildman–Crippen MR) is 84.2 cm³/mol. The zero-order valence-electron chi connectivity index (χ0n) is 11.5. The molecule has 7 heteroatoms. The molecule has 2 aromatic rings. The maximum Gasteiger partial charge on any atom is 0.311 e. The molecule has 22 heavy (non-hydrogen) atoms. The average Bonchev–Trinajstić information content (AvgIpc) is 3.13. The molecule has 5 nitrogen and oxygen atoms in total. The zero-order valence-corrected chi connectivity index (χ0v) is 13.1. The van der Waals surface area contributed by atoms with Crippen molar-refractivity contribution in [2.45, 2.75) is 12.8 Å². The SMILES string of the molecule is O=C(NCC1(C(=O)O)CC1)c1csc(-c2cccc(Cl)c2)n1. The Hall–Kier alpha value is -1.92. The van der Waals surface area contributed by atoms with E-state index in [0.29, 0.717) is 28.6 Å². The Labute approximate surface area is 136 Å². The Balaban J connectivity index is 1.68. The number of hydrogen-bond donors (Lipinski definition) is 2. The van der Waals surface area contributed by atoms with Crippen LogP contribution in [-0.4, -0.2) is 28.5 Å². The minimum atomic E-state index is -0.856. The summed E-state index contributed by atoms with van der Waals surface area (Å²) in [5.74, 6) is -1.21. The van der Waals surface area contributed by atoms with Gasteiger partial charge in [-0.3, -0.25) is 9.59 Å². The summed E-state index contributed by atoms with van der Waals surface area (Å²) in [6.07, 6.45) is 1.21. The third-order valence-corrected chi connectivity index (χ3v) is 4.83. The highest BCUT2D eigenvalue weighted by atomic mass is 35.5. The van der Waals surface area contributed by atoms with E-state index in [1.54, 1.807) is 17.5 Å². The van der Waals surface area contributed by atoms with Crippen molar-refractivity contribution < 1.29 is 14.7 Å². The molecular weight excluding hydrogens is 324 g/mol. The lowest BCUT2D eigenvalue weighted by Gasteiger charge is -2.09. The molecule has 1 heterocycles. The highest BCUT2D eigenvalue weighted by molar-refractivity contribution is 7.13. The average molecular weight is 337 g/mol. The van der Waals surface area contributed by atoms with Crippen molar-refractivity contribution in [1.82, 2.24) is 10.3 Å². The van der Waals surface area contributed by atoms with Crippen LogP contribution in [0.5, 0.6) is 0 Å². The highest BCUT2D eigenvalue weighted by Crippen LogP contribution is 2.45. The number of nitrogens with zero attached hydrogens (tertiary/aromatic N) is 1. The first-order valence-electron chi connectivity index (χ1n) is 6.73. The molecule has 0 radical (unpaired) electrons. The van der Waals surface area contributed by atoms with Gasteiger partial charge in [0.2, 0.25) is 0 Å². The summed E-state index contributed by atoms with van der Waals surface area (Å²) in [4.78, 5) is 27.4. The summed E-state index contributed by atoms with van der Waals surface area (Å²) in [5.41, 5.74) is 0.364. The van der Waals surface area contributed by atoms with Gasteiger partial charge >= 0.3 is 5.97 Å². The third kappa shape index (κ3) is 2.98. The fourth-order valence-corrected chi connectivity index (χ4v) is 3.08. The van der Waals surface area contributed by atoms with E-state index >= 15 is 0 Å². The molecule has 1 aliphatic carbocycles. The number of hydrogen-bond acceptors (Lipinski definition) is 4. The number of thiazole rings is 1. The van der Waals surface area contributed by atoms with Gasteiger partial charge in [-0.15, -0.1) is 11.3 Å². The molecule has 1 aromatic carbocycles. The molecular formula is C15H13ClN2O3S. The molecule has 1 aliphatic rings. The summed E-state index contributed by atoms with van der Waals surface area (Å²) in [6.45, 7) is 0.144. The number of carboxylic acid groups (broad SMARTS) is 1. The fraction of sp³-hybridized carbons (Fsp3) is 0.267. The van der Waals surface area contributed by atoms with E-state index in [2.05, 4.69) is 10.3 Å². The van der Waals surface area contributed by atoms with Gasteiger partial charge < -0.3 is 10.4 Å². The van der Waals surface area contributed by atoms with Crippen molar-refractivity contribution in [1.29, 1.82) is 0 Å². The van der Waals surface area contributed by atoms with Crippen LogP contribution in [0.4, 0.5) is 0 Å².